The highest BCUT2D eigenvalue weighted by Gasteiger charge is 2.49. The van der Waals surface area contributed by atoms with E-state index in [1.165, 1.54) is 9.80 Å². The van der Waals surface area contributed by atoms with Gasteiger partial charge < -0.3 is 0 Å². The van der Waals surface area contributed by atoms with Crippen molar-refractivity contribution >= 4 is 23.6 Å². The first-order valence-corrected chi connectivity index (χ1v) is 13.2. The third kappa shape index (κ3) is 3.23. The molecule has 4 aliphatic rings. The number of carbonyl (C=O) groups excluding carboxylic acids is 4. The third-order valence-electron chi connectivity index (χ3n) is 8.75. The lowest BCUT2D eigenvalue weighted by Gasteiger charge is -2.46. The second-order valence-electron chi connectivity index (χ2n) is 11.5. The maximum atomic E-state index is 13.7. The molecule has 4 amide bonds. The van der Waals surface area contributed by atoms with Crippen LogP contribution in [-0.2, 0) is 22.4 Å². The Labute approximate surface area is 211 Å². The molecule has 0 spiro atoms. The van der Waals surface area contributed by atoms with Crippen LogP contribution < -0.4 is 0 Å². The number of nitrogens with zero attached hydrogens (tertiary/aromatic N) is 2. The van der Waals surface area contributed by atoms with Crippen LogP contribution in [0.15, 0.2) is 36.4 Å². The zero-order valence-corrected chi connectivity index (χ0v) is 21.2. The topological polar surface area (TPSA) is 74.8 Å². The van der Waals surface area contributed by atoms with E-state index < -0.39 is 11.6 Å². The summed E-state index contributed by atoms with van der Waals surface area (Å²) in [5.74, 6) is -1.44. The van der Waals surface area contributed by atoms with E-state index in [1.807, 2.05) is 57.2 Å². The van der Waals surface area contributed by atoms with Crippen LogP contribution in [-0.4, -0.2) is 45.0 Å². The highest BCUT2D eigenvalue weighted by Crippen LogP contribution is 2.44. The minimum Gasteiger partial charge on any atom is -0.275 e. The lowest BCUT2D eigenvalue weighted by atomic mass is 9.75. The molecule has 0 radical (unpaired) electrons. The van der Waals surface area contributed by atoms with Gasteiger partial charge in [0.15, 0.2) is 0 Å². The number of amides is 4. The van der Waals surface area contributed by atoms with Gasteiger partial charge in [-0.3, -0.25) is 29.0 Å². The Morgan fingerprint density at radius 3 is 1.92 bits per heavy atom. The Kier molecular flexibility index (Phi) is 5.22. The number of hydrogen-bond donors (Lipinski definition) is 0. The van der Waals surface area contributed by atoms with Crippen molar-refractivity contribution in [2.75, 3.05) is 0 Å². The molecule has 0 saturated heterocycles. The van der Waals surface area contributed by atoms with Crippen LogP contribution in [0.2, 0.25) is 0 Å². The highest BCUT2D eigenvalue weighted by atomic mass is 16.2. The summed E-state index contributed by atoms with van der Waals surface area (Å²) < 4.78 is 0. The molecular formula is C30H32N2O4. The number of carbonyl (C=O) groups is 4. The molecule has 186 valence electrons. The normalized spacial score (nSPS) is 24.0. The average Bonchev–Trinajstić information content (AvgIpc) is 2.85. The number of benzene rings is 2. The van der Waals surface area contributed by atoms with Gasteiger partial charge in [0, 0.05) is 22.7 Å². The molecule has 36 heavy (non-hydrogen) atoms. The van der Waals surface area contributed by atoms with Crippen LogP contribution in [0.3, 0.4) is 0 Å². The average molecular weight is 485 g/mol. The lowest BCUT2D eigenvalue weighted by Crippen LogP contribution is -2.59. The van der Waals surface area contributed by atoms with Gasteiger partial charge in [0.1, 0.15) is 0 Å². The lowest BCUT2D eigenvalue weighted by molar-refractivity contribution is -0.136. The molecule has 0 N–H and O–H groups in total. The van der Waals surface area contributed by atoms with E-state index in [4.69, 9.17) is 0 Å². The fraction of sp³-hybridized carbons (Fsp3) is 0.467. The quantitative estimate of drug-likeness (QED) is 0.587. The van der Waals surface area contributed by atoms with Crippen molar-refractivity contribution in [3.63, 3.8) is 0 Å². The van der Waals surface area contributed by atoms with Gasteiger partial charge >= 0.3 is 0 Å². The highest BCUT2D eigenvalue weighted by molar-refractivity contribution is 6.13. The van der Waals surface area contributed by atoms with Crippen LogP contribution >= 0.6 is 0 Å². The van der Waals surface area contributed by atoms with Crippen molar-refractivity contribution in [2.24, 2.45) is 0 Å². The second kappa shape index (κ2) is 8.12. The van der Waals surface area contributed by atoms with E-state index in [0.29, 0.717) is 17.5 Å². The van der Waals surface area contributed by atoms with Gasteiger partial charge in [-0.1, -0.05) is 24.3 Å². The molecule has 2 heterocycles. The maximum Gasteiger partial charge on any atom is 0.261 e. The number of aryl methyl sites for hydroxylation is 2. The summed E-state index contributed by atoms with van der Waals surface area (Å²) in [6, 6.07) is 11.0. The molecule has 2 aromatic rings. The molecule has 0 aromatic heterocycles. The summed E-state index contributed by atoms with van der Waals surface area (Å²) in [6.45, 7) is 5.62. The molecule has 0 fully saturated rings. The summed E-state index contributed by atoms with van der Waals surface area (Å²) in [5, 5.41) is 0. The van der Waals surface area contributed by atoms with Crippen molar-refractivity contribution in [2.45, 2.75) is 89.1 Å². The maximum absolute atomic E-state index is 13.7. The fourth-order valence-electron chi connectivity index (χ4n) is 7.30. The molecule has 2 aliphatic carbocycles. The van der Waals surface area contributed by atoms with E-state index in [9.17, 15) is 19.2 Å². The van der Waals surface area contributed by atoms with Crippen molar-refractivity contribution in [3.8, 4) is 0 Å². The second-order valence-corrected chi connectivity index (χ2v) is 11.5. The summed E-state index contributed by atoms with van der Waals surface area (Å²) >= 11 is 0. The minimum atomic E-state index is -0.867. The van der Waals surface area contributed by atoms with E-state index in [2.05, 4.69) is 0 Å². The van der Waals surface area contributed by atoms with Crippen LogP contribution in [0, 0.1) is 0 Å². The molecule has 0 bridgehead atoms. The van der Waals surface area contributed by atoms with Gasteiger partial charge in [-0.05, 0) is 100 Å². The monoisotopic (exact) mass is 484 g/mol. The Bertz CT molecular complexity index is 1330. The molecule has 3 unspecified atom stereocenters. The van der Waals surface area contributed by atoms with Gasteiger partial charge in [-0.2, -0.15) is 0 Å². The molecule has 3 atom stereocenters. The van der Waals surface area contributed by atoms with E-state index in [0.717, 1.165) is 60.8 Å². The van der Waals surface area contributed by atoms with Crippen LogP contribution in [0.25, 0.3) is 0 Å². The summed E-state index contributed by atoms with van der Waals surface area (Å²) in [6.07, 6.45) is 5.44. The van der Waals surface area contributed by atoms with Gasteiger partial charge in [0.25, 0.3) is 11.8 Å². The van der Waals surface area contributed by atoms with E-state index in [-0.39, 0.29) is 35.5 Å². The predicted molar refractivity (Wildman–Crippen MR) is 135 cm³/mol. The molecule has 0 saturated carbocycles. The number of rotatable bonds is 4. The summed E-state index contributed by atoms with van der Waals surface area (Å²) in [7, 11) is 0. The molecule has 6 rings (SSSR count). The molecule has 6 nitrogen and oxygen atoms in total. The molecule has 2 aromatic carbocycles. The first-order valence-electron chi connectivity index (χ1n) is 13.2. The largest absolute Gasteiger partial charge is 0.275 e. The third-order valence-corrected chi connectivity index (χ3v) is 8.75. The van der Waals surface area contributed by atoms with Gasteiger partial charge in [-0.25, -0.2) is 0 Å². The van der Waals surface area contributed by atoms with Crippen molar-refractivity contribution in [1.82, 2.24) is 9.80 Å². The minimum absolute atomic E-state index is 0.151. The van der Waals surface area contributed by atoms with E-state index in [1.54, 1.807) is 0 Å². The smallest absolute Gasteiger partial charge is 0.261 e. The fourth-order valence-corrected chi connectivity index (χ4v) is 7.30. The standard InChI is InChI=1S/C30H32N2O4/c1-17(31-26(33)20-12-4-8-18-9-5-13-21(24(18)20)27(31)34)16-30(2,3)32-28(35)22-14-6-10-19-11-7-15-23(25(19)22)29(32)36/h4,6,8,10,12,14,17,21,23H,5,7,9,11,13,15-16H2,1-3H3. The van der Waals surface area contributed by atoms with Crippen molar-refractivity contribution < 1.29 is 19.2 Å². The Hall–Kier alpha value is -3.28. The SMILES string of the molecule is CC(CC(C)(C)N1C(=O)c2cccc3c2C(CCC3)C1=O)N1C(=O)c2cccc3c2C(CCC3)C1=O. The predicted octanol–water partition coefficient (Wildman–Crippen LogP) is 4.75. The first-order chi connectivity index (χ1) is 17.2. The van der Waals surface area contributed by atoms with E-state index >= 15 is 0 Å². The van der Waals surface area contributed by atoms with Crippen LogP contribution in [0.1, 0.15) is 108 Å². The van der Waals surface area contributed by atoms with Gasteiger partial charge in [0.2, 0.25) is 11.8 Å². The van der Waals surface area contributed by atoms with Crippen LogP contribution in [0.4, 0.5) is 0 Å². The van der Waals surface area contributed by atoms with Crippen molar-refractivity contribution in [3.05, 3.63) is 69.8 Å². The van der Waals surface area contributed by atoms with Gasteiger partial charge in [-0.15, -0.1) is 0 Å². The molecule has 2 aliphatic heterocycles. The zero-order chi connectivity index (χ0) is 25.4. The van der Waals surface area contributed by atoms with Crippen LogP contribution in [0.5, 0.6) is 0 Å². The summed E-state index contributed by atoms with van der Waals surface area (Å²) in [5.41, 5.74) is 4.40. The number of imide groups is 2. The Morgan fingerprint density at radius 2 is 1.33 bits per heavy atom. The first kappa shape index (κ1) is 23.1. The summed E-state index contributed by atoms with van der Waals surface area (Å²) in [4.78, 5) is 57.4. The van der Waals surface area contributed by atoms with Crippen molar-refractivity contribution in [1.29, 1.82) is 0 Å². The zero-order valence-electron chi connectivity index (χ0n) is 21.2. The molecule has 6 heteroatoms. The number of hydrogen-bond acceptors (Lipinski definition) is 4. The molecular weight excluding hydrogens is 452 g/mol. The Balaban J connectivity index is 1.32. The van der Waals surface area contributed by atoms with Gasteiger partial charge in [0.05, 0.1) is 11.8 Å². The Morgan fingerprint density at radius 1 is 0.806 bits per heavy atom.